The molecule has 3 nitrogen and oxygen atoms in total. The molecule has 0 saturated heterocycles. The van der Waals surface area contributed by atoms with Crippen molar-refractivity contribution in [3.8, 4) is 0 Å². The quantitative estimate of drug-likeness (QED) is 0.811. The molecule has 8 heteroatoms. The molecular formula is C7H2BrClF3NO2. The summed E-state index contributed by atoms with van der Waals surface area (Å²) in [5.41, 5.74) is -2.39. The van der Waals surface area contributed by atoms with Gasteiger partial charge in [0.05, 0.1) is 10.0 Å². The summed E-state index contributed by atoms with van der Waals surface area (Å²) in [5, 5.41) is 7.73. The zero-order valence-corrected chi connectivity index (χ0v) is 9.11. The largest absolute Gasteiger partial charge is 0.478 e. The molecule has 82 valence electrons. The molecular weight excluding hydrogens is 302 g/mol. The van der Waals surface area contributed by atoms with Gasteiger partial charge in [-0.25, -0.2) is 9.78 Å². The first-order chi connectivity index (χ1) is 6.75. The zero-order chi connectivity index (χ0) is 11.8. The predicted molar refractivity (Wildman–Crippen MR) is 48.9 cm³/mol. The Labute approximate surface area is 95.0 Å². The first kappa shape index (κ1) is 12.3. The van der Waals surface area contributed by atoms with Gasteiger partial charge in [0.1, 0.15) is 10.7 Å². The van der Waals surface area contributed by atoms with E-state index in [1.165, 1.54) is 0 Å². The van der Waals surface area contributed by atoms with Crippen LogP contribution in [0.2, 0.25) is 5.15 Å². The van der Waals surface area contributed by atoms with E-state index >= 15 is 0 Å². The molecule has 0 atom stereocenters. The fourth-order valence-corrected chi connectivity index (χ4v) is 1.65. The number of carboxylic acids is 1. The summed E-state index contributed by atoms with van der Waals surface area (Å²) in [6.07, 6.45) is -3.96. The molecule has 0 aliphatic rings. The predicted octanol–water partition coefficient (Wildman–Crippen LogP) is 3.21. The average Bonchev–Trinajstić information content (AvgIpc) is 2.05. The number of hydrogen-bond acceptors (Lipinski definition) is 2. The van der Waals surface area contributed by atoms with Gasteiger partial charge in [0.15, 0.2) is 0 Å². The Kier molecular flexibility index (Phi) is 3.25. The third-order valence-corrected chi connectivity index (χ3v) is 2.37. The first-order valence-electron chi connectivity index (χ1n) is 3.39. The molecule has 0 saturated carbocycles. The Morgan fingerprint density at radius 1 is 1.53 bits per heavy atom. The molecule has 0 bridgehead atoms. The van der Waals surface area contributed by atoms with E-state index in [0.717, 1.165) is 6.20 Å². The van der Waals surface area contributed by atoms with Crippen LogP contribution in [0.3, 0.4) is 0 Å². The molecule has 1 aromatic heterocycles. The lowest BCUT2D eigenvalue weighted by molar-refractivity contribution is -0.138. The van der Waals surface area contributed by atoms with Gasteiger partial charge in [0.25, 0.3) is 0 Å². The van der Waals surface area contributed by atoms with Crippen molar-refractivity contribution in [3.05, 3.63) is 26.9 Å². The van der Waals surface area contributed by atoms with E-state index in [4.69, 9.17) is 16.7 Å². The maximum Gasteiger partial charge on any atom is 0.420 e. The van der Waals surface area contributed by atoms with E-state index in [1.54, 1.807) is 0 Å². The minimum absolute atomic E-state index is 0.272. The lowest BCUT2D eigenvalue weighted by Crippen LogP contribution is -2.15. The van der Waals surface area contributed by atoms with Crippen LogP contribution in [0, 0.1) is 0 Å². The molecule has 1 rings (SSSR count). The maximum atomic E-state index is 12.4. The molecule has 0 aromatic carbocycles. The van der Waals surface area contributed by atoms with Gasteiger partial charge in [0, 0.05) is 6.20 Å². The second kappa shape index (κ2) is 3.97. The average molecular weight is 304 g/mol. The lowest BCUT2D eigenvalue weighted by atomic mass is 10.1. The van der Waals surface area contributed by atoms with E-state index in [0.29, 0.717) is 0 Å². The summed E-state index contributed by atoms with van der Waals surface area (Å²) < 4.78 is 37.1. The van der Waals surface area contributed by atoms with Crippen LogP contribution in [-0.4, -0.2) is 16.1 Å². The van der Waals surface area contributed by atoms with Crippen molar-refractivity contribution in [1.29, 1.82) is 0 Å². The summed E-state index contributed by atoms with van der Waals surface area (Å²) in [6, 6.07) is 0. The Balaban J connectivity index is 3.60. The molecule has 0 amide bonds. The highest BCUT2D eigenvalue weighted by Gasteiger charge is 2.39. The Morgan fingerprint density at radius 3 is 2.40 bits per heavy atom. The highest BCUT2D eigenvalue weighted by molar-refractivity contribution is 9.10. The highest BCUT2D eigenvalue weighted by Crippen LogP contribution is 2.38. The van der Waals surface area contributed by atoms with Gasteiger partial charge in [-0.1, -0.05) is 11.6 Å². The molecule has 1 N–H and O–H groups in total. The van der Waals surface area contributed by atoms with Gasteiger partial charge >= 0.3 is 12.1 Å². The summed E-state index contributed by atoms with van der Waals surface area (Å²) in [7, 11) is 0. The number of aromatic nitrogens is 1. The third kappa shape index (κ3) is 2.40. The van der Waals surface area contributed by atoms with Gasteiger partial charge < -0.3 is 5.11 Å². The van der Waals surface area contributed by atoms with E-state index in [1.807, 2.05) is 0 Å². The Hall–Kier alpha value is -0.820. The van der Waals surface area contributed by atoms with Gasteiger partial charge in [-0.05, 0) is 15.9 Å². The van der Waals surface area contributed by atoms with Crippen LogP contribution in [0.15, 0.2) is 10.7 Å². The fourth-order valence-electron chi connectivity index (χ4n) is 0.933. The summed E-state index contributed by atoms with van der Waals surface area (Å²) >= 11 is 7.89. The number of alkyl halides is 3. The van der Waals surface area contributed by atoms with Crippen LogP contribution in [0.25, 0.3) is 0 Å². The van der Waals surface area contributed by atoms with Crippen LogP contribution >= 0.6 is 27.5 Å². The number of aromatic carboxylic acids is 1. The summed E-state index contributed by atoms with van der Waals surface area (Å²) in [4.78, 5) is 13.8. The zero-order valence-electron chi connectivity index (χ0n) is 6.77. The van der Waals surface area contributed by atoms with Crippen molar-refractivity contribution >= 4 is 33.5 Å². The number of halogens is 5. The van der Waals surface area contributed by atoms with Crippen molar-refractivity contribution in [1.82, 2.24) is 4.98 Å². The topological polar surface area (TPSA) is 50.2 Å². The number of carboxylic acid groups (broad SMARTS) is 1. The number of pyridine rings is 1. The first-order valence-corrected chi connectivity index (χ1v) is 4.56. The van der Waals surface area contributed by atoms with Crippen molar-refractivity contribution in [2.45, 2.75) is 6.18 Å². The van der Waals surface area contributed by atoms with E-state index in [-0.39, 0.29) is 4.47 Å². The number of carbonyl (C=O) groups is 1. The monoisotopic (exact) mass is 303 g/mol. The standard InChI is InChI=1S/C7H2BrClF3NO2/c8-2-1-13-5(9)4(7(10,11)12)3(2)6(14)15/h1H,(H,14,15). The molecule has 0 unspecified atom stereocenters. The number of hydrogen-bond donors (Lipinski definition) is 1. The molecule has 1 aromatic rings. The molecule has 0 aliphatic heterocycles. The van der Waals surface area contributed by atoms with Crippen molar-refractivity contribution in [2.75, 3.05) is 0 Å². The van der Waals surface area contributed by atoms with E-state index < -0.39 is 28.4 Å². The van der Waals surface area contributed by atoms with Gasteiger partial charge in [-0.15, -0.1) is 0 Å². The normalized spacial score (nSPS) is 11.5. The van der Waals surface area contributed by atoms with Crippen molar-refractivity contribution < 1.29 is 23.1 Å². The van der Waals surface area contributed by atoms with Gasteiger partial charge in [-0.2, -0.15) is 13.2 Å². The highest BCUT2D eigenvalue weighted by atomic mass is 79.9. The molecule has 15 heavy (non-hydrogen) atoms. The van der Waals surface area contributed by atoms with E-state index in [2.05, 4.69) is 20.9 Å². The summed E-state index contributed by atoms with van der Waals surface area (Å²) in [5.74, 6) is -1.72. The SMILES string of the molecule is O=C(O)c1c(Br)cnc(Cl)c1C(F)(F)F. The Bertz CT molecular complexity index is 421. The van der Waals surface area contributed by atoms with Crippen molar-refractivity contribution in [2.24, 2.45) is 0 Å². The fraction of sp³-hybridized carbons (Fsp3) is 0.143. The van der Waals surface area contributed by atoms with Crippen LogP contribution in [0.5, 0.6) is 0 Å². The van der Waals surface area contributed by atoms with Crippen LogP contribution < -0.4 is 0 Å². The van der Waals surface area contributed by atoms with E-state index in [9.17, 15) is 18.0 Å². The smallest absolute Gasteiger partial charge is 0.420 e. The molecule has 0 fully saturated rings. The molecule has 0 spiro atoms. The van der Waals surface area contributed by atoms with Crippen molar-refractivity contribution in [3.63, 3.8) is 0 Å². The number of rotatable bonds is 1. The Morgan fingerprint density at radius 2 is 2.07 bits per heavy atom. The van der Waals surface area contributed by atoms with Crippen LogP contribution in [0.1, 0.15) is 15.9 Å². The maximum absolute atomic E-state index is 12.4. The molecule has 1 heterocycles. The minimum Gasteiger partial charge on any atom is -0.478 e. The van der Waals surface area contributed by atoms with Gasteiger partial charge in [-0.3, -0.25) is 0 Å². The third-order valence-electron chi connectivity index (χ3n) is 1.48. The minimum atomic E-state index is -4.86. The lowest BCUT2D eigenvalue weighted by Gasteiger charge is -2.12. The van der Waals surface area contributed by atoms with Gasteiger partial charge in [0.2, 0.25) is 0 Å². The molecule has 0 radical (unpaired) electrons. The number of nitrogens with zero attached hydrogens (tertiary/aromatic N) is 1. The summed E-state index contributed by atoms with van der Waals surface area (Å²) in [6.45, 7) is 0. The van der Waals surface area contributed by atoms with Crippen LogP contribution in [-0.2, 0) is 6.18 Å². The second-order valence-electron chi connectivity index (χ2n) is 2.45. The molecule has 0 aliphatic carbocycles. The van der Waals surface area contributed by atoms with Crippen LogP contribution in [0.4, 0.5) is 13.2 Å². The second-order valence-corrected chi connectivity index (χ2v) is 3.66.